The van der Waals surface area contributed by atoms with Crippen molar-refractivity contribution in [1.29, 1.82) is 0 Å². The van der Waals surface area contributed by atoms with Crippen LogP contribution in [0, 0.1) is 0 Å². The third-order valence-electron chi connectivity index (χ3n) is 1.21. The smallest absolute Gasteiger partial charge is 0.357 e. The zero-order valence-corrected chi connectivity index (χ0v) is 7.54. The van der Waals surface area contributed by atoms with Gasteiger partial charge in [-0.3, -0.25) is 0 Å². The zero-order chi connectivity index (χ0) is 8.27. The highest BCUT2D eigenvalue weighted by Crippen LogP contribution is 1.99. The second-order valence-corrected chi connectivity index (χ2v) is 2.39. The molecule has 0 fully saturated rings. The zero-order valence-electron chi connectivity index (χ0n) is 5.95. The molecule has 0 saturated heterocycles. The van der Waals surface area contributed by atoms with E-state index in [0.29, 0.717) is 5.69 Å². The molecule has 60 valence electrons. The molecule has 0 aromatic carbocycles. The van der Waals surface area contributed by atoms with E-state index in [1.54, 1.807) is 17.9 Å². The highest BCUT2D eigenvalue weighted by Gasteiger charge is 2.09. The molecule has 5 heteroatoms. The number of aromatic nitrogens is 2. The number of aryl methyl sites for hydroxylation is 1. The van der Waals surface area contributed by atoms with Crippen LogP contribution in [0.3, 0.4) is 0 Å². The van der Waals surface area contributed by atoms with Crippen molar-refractivity contribution in [2.75, 3.05) is 5.52 Å². The molecule has 1 heterocycles. The maximum atomic E-state index is 11.0. The summed E-state index contributed by atoms with van der Waals surface area (Å²) in [5, 5.41) is 0. The van der Waals surface area contributed by atoms with Crippen LogP contribution < -0.4 is 0 Å². The van der Waals surface area contributed by atoms with Gasteiger partial charge in [-0.2, -0.15) is 0 Å². The highest BCUT2D eigenvalue weighted by molar-refractivity contribution is 9.09. The summed E-state index contributed by atoms with van der Waals surface area (Å²) in [5.41, 5.74) is 0.654. The minimum absolute atomic E-state index is 0.205. The van der Waals surface area contributed by atoms with E-state index >= 15 is 0 Å². The molecule has 11 heavy (non-hydrogen) atoms. The number of nitrogens with zero attached hydrogens (tertiary/aromatic N) is 2. The molecule has 0 unspecified atom stereocenters. The lowest BCUT2D eigenvalue weighted by molar-refractivity contribution is 0.0573. The summed E-state index contributed by atoms with van der Waals surface area (Å²) >= 11 is 2.99. The Morgan fingerprint density at radius 2 is 2.64 bits per heavy atom. The summed E-state index contributed by atoms with van der Waals surface area (Å²) in [6.07, 6.45) is 3.01. The van der Waals surface area contributed by atoms with Crippen LogP contribution >= 0.6 is 15.9 Å². The van der Waals surface area contributed by atoms with E-state index in [1.807, 2.05) is 0 Å². The Morgan fingerprint density at radius 3 is 3.09 bits per heavy atom. The molecular weight excluding hydrogens is 212 g/mol. The van der Waals surface area contributed by atoms with Crippen LogP contribution in [0.4, 0.5) is 0 Å². The quantitative estimate of drug-likeness (QED) is 0.548. The number of alkyl halides is 1. The SMILES string of the molecule is Cn1cncc1C(=O)OCBr. The van der Waals surface area contributed by atoms with E-state index < -0.39 is 0 Å². The first kappa shape index (κ1) is 8.26. The molecule has 0 amide bonds. The molecule has 0 aliphatic carbocycles. The molecule has 0 aliphatic heterocycles. The van der Waals surface area contributed by atoms with Crippen LogP contribution in [0.2, 0.25) is 0 Å². The summed E-state index contributed by atoms with van der Waals surface area (Å²) in [4.78, 5) is 14.8. The second-order valence-electron chi connectivity index (χ2n) is 1.93. The van der Waals surface area contributed by atoms with E-state index in [9.17, 15) is 4.79 Å². The molecule has 0 saturated carbocycles. The number of carbonyl (C=O) groups is 1. The lowest BCUT2D eigenvalue weighted by atomic mass is 10.5. The Labute approximate surface area is 72.3 Å². The minimum Gasteiger partial charge on any atom is -0.449 e. The fraction of sp³-hybridized carbons (Fsp3) is 0.333. The van der Waals surface area contributed by atoms with Gasteiger partial charge in [-0.1, -0.05) is 0 Å². The van der Waals surface area contributed by atoms with Gasteiger partial charge in [0, 0.05) is 7.05 Å². The van der Waals surface area contributed by atoms with Crippen molar-refractivity contribution in [3.8, 4) is 0 Å². The second kappa shape index (κ2) is 3.52. The van der Waals surface area contributed by atoms with Gasteiger partial charge < -0.3 is 9.30 Å². The van der Waals surface area contributed by atoms with Crippen molar-refractivity contribution < 1.29 is 9.53 Å². The maximum Gasteiger partial charge on any atom is 0.357 e. The first-order valence-corrected chi connectivity index (χ1v) is 4.07. The first-order valence-electron chi connectivity index (χ1n) is 2.95. The Balaban J connectivity index is 2.76. The Bertz CT molecular complexity index is 259. The molecule has 0 N–H and O–H groups in total. The predicted octanol–water partition coefficient (Wildman–Crippen LogP) is 0.929. The van der Waals surface area contributed by atoms with Gasteiger partial charge in [-0.15, -0.1) is 0 Å². The topological polar surface area (TPSA) is 44.1 Å². The number of esters is 1. The molecular formula is C6H7BrN2O2. The molecule has 0 spiro atoms. The number of halogens is 1. The summed E-state index contributed by atoms with van der Waals surface area (Å²) in [6, 6.07) is 0. The van der Waals surface area contributed by atoms with Gasteiger partial charge in [0.2, 0.25) is 0 Å². The predicted molar refractivity (Wildman–Crippen MR) is 42.4 cm³/mol. The van der Waals surface area contributed by atoms with Gasteiger partial charge in [-0.05, 0) is 15.9 Å². The van der Waals surface area contributed by atoms with Gasteiger partial charge in [0.1, 0.15) is 11.2 Å². The lowest BCUT2D eigenvalue weighted by Crippen LogP contribution is -2.08. The highest BCUT2D eigenvalue weighted by atomic mass is 79.9. The summed E-state index contributed by atoms with van der Waals surface area (Å²) in [6.45, 7) is 0. The van der Waals surface area contributed by atoms with Crippen molar-refractivity contribution in [2.45, 2.75) is 0 Å². The third kappa shape index (κ3) is 1.80. The monoisotopic (exact) mass is 218 g/mol. The van der Waals surface area contributed by atoms with Crippen LogP contribution in [0.5, 0.6) is 0 Å². The molecule has 4 nitrogen and oxygen atoms in total. The molecule has 0 radical (unpaired) electrons. The Hall–Kier alpha value is -0.840. The van der Waals surface area contributed by atoms with Crippen molar-refractivity contribution >= 4 is 21.9 Å². The van der Waals surface area contributed by atoms with Crippen molar-refractivity contribution in [2.24, 2.45) is 7.05 Å². The Morgan fingerprint density at radius 1 is 1.91 bits per heavy atom. The lowest BCUT2D eigenvalue weighted by Gasteiger charge is -1.99. The van der Waals surface area contributed by atoms with Gasteiger partial charge in [0.15, 0.2) is 0 Å². The van der Waals surface area contributed by atoms with Crippen LogP contribution in [0.15, 0.2) is 12.5 Å². The van der Waals surface area contributed by atoms with Crippen molar-refractivity contribution in [1.82, 2.24) is 9.55 Å². The van der Waals surface area contributed by atoms with E-state index in [1.165, 1.54) is 6.20 Å². The molecule has 1 aromatic heterocycles. The standard InChI is InChI=1S/C6H7BrN2O2/c1-9-4-8-2-5(9)6(10)11-3-7/h2,4H,3H2,1H3. The number of hydrogen-bond donors (Lipinski definition) is 0. The summed E-state index contributed by atoms with van der Waals surface area (Å²) in [5.74, 6) is -0.373. The number of ether oxygens (including phenoxy) is 1. The summed E-state index contributed by atoms with van der Waals surface area (Å²) < 4.78 is 6.29. The molecule has 0 atom stereocenters. The minimum atomic E-state index is -0.373. The number of hydrogen-bond acceptors (Lipinski definition) is 3. The fourth-order valence-electron chi connectivity index (χ4n) is 0.677. The first-order chi connectivity index (χ1) is 5.25. The molecule has 0 bridgehead atoms. The van der Waals surface area contributed by atoms with Gasteiger partial charge in [0.25, 0.3) is 0 Å². The third-order valence-corrected chi connectivity index (χ3v) is 1.44. The summed E-state index contributed by atoms with van der Waals surface area (Å²) in [7, 11) is 1.73. The average molecular weight is 219 g/mol. The largest absolute Gasteiger partial charge is 0.449 e. The molecule has 0 aliphatic rings. The van der Waals surface area contributed by atoms with Crippen LogP contribution in [-0.2, 0) is 11.8 Å². The van der Waals surface area contributed by atoms with Crippen LogP contribution in [-0.4, -0.2) is 21.0 Å². The molecule has 1 rings (SSSR count). The van der Waals surface area contributed by atoms with Gasteiger partial charge in [0.05, 0.1) is 12.5 Å². The molecule has 1 aromatic rings. The van der Waals surface area contributed by atoms with Gasteiger partial charge >= 0.3 is 5.97 Å². The number of imidazole rings is 1. The Kier molecular flexibility index (Phi) is 2.64. The van der Waals surface area contributed by atoms with E-state index in [2.05, 4.69) is 25.7 Å². The average Bonchev–Trinajstić information content (AvgIpc) is 2.36. The van der Waals surface area contributed by atoms with E-state index in [0.717, 1.165) is 0 Å². The maximum absolute atomic E-state index is 11.0. The van der Waals surface area contributed by atoms with E-state index in [-0.39, 0.29) is 11.5 Å². The normalized spacial score (nSPS) is 9.64. The number of rotatable bonds is 2. The van der Waals surface area contributed by atoms with Gasteiger partial charge in [-0.25, -0.2) is 9.78 Å². The number of carbonyl (C=O) groups excluding carboxylic acids is 1. The van der Waals surface area contributed by atoms with Crippen LogP contribution in [0.1, 0.15) is 10.5 Å². The van der Waals surface area contributed by atoms with Crippen molar-refractivity contribution in [3.05, 3.63) is 18.2 Å². The van der Waals surface area contributed by atoms with E-state index in [4.69, 9.17) is 0 Å². The fourth-order valence-corrected chi connectivity index (χ4v) is 0.885. The van der Waals surface area contributed by atoms with Crippen molar-refractivity contribution in [3.63, 3.8) is 0 Å². The van der Waals surface area contributed by atoms with Crippen LogP contribution in [0.25, 0.3) is 0 Å².